The first-order chi connectivity index (χ1) is 10.5. The number of rotatable bonds is 3. The van der Waals surface area contributed by atoms with Gasteiger partial charge in [-0.3, -0.25) is 4.79 Å². The normalized spacial score (nSPS) is 11.1. The average molecular weight is 293 g/mol. The van der Waals surface area contributed by atoms with Gasteiger partial charge in [-0.2, -0.15) is 5.10 Å². The van der Waals surface area contributed by atoms with Gasteiger partial charge in [0.05, 0.1) is 5.69 Å². The van der Waals surface area contributed by atoms with Crippen molar-refractivity contribution in [2.45, 2.75) is 26.8 Å². The molecule has 3 rings (SSSR count). The first-order valence-corrected chi connectivity index (χ1v) is 7.41. The Morgan fingerprint density at radius 1 is 1.09 bits per heavy atom. The second-order valence-electron chi connectivity index (χ2n) is 5.73. The van der Waals surface area contributed by atoms with E-state index in [0.717, 1.165) is 22.3 Å². The first-order valence-electron chi connectivity index (χ1n) is 7.41. The predicted octanol–water partition coefficient (Wildman–Crippen LogP) is 4.18. The Kier molecular flexibility index (Phi) is 3.67. The lowest BCUT2D eigenvalue weighted by Gasteiger charge is -2.12. The molecule has 22 heavy (non-hydrogen) atoms. The summed E-state index contributed by atoms with van der Waals surface area (Å²) in [5, 5.41) is 9.55. The van der Waals surface area contributed by atoms with Gasteiger partial charge in [-0.05, 0) is 43.7 Å². The molecule has 4 nitrogen and oxygen atoms in total. The van der Waals surface area contributed by atoms with Gasteiger partial charge in [0.2, 0.25) is 0 Å². The quantitative estimate of drug-likeness (QED) is 0.787. The van der Waals surface area contributed by atoms with Crippen molar-refractivity contribution in [3.8, 4) is 0 Å². The zero-order chi connectivity index (χ0) is 15.7. The Bertz CT molecular complexity index is 833. The molecule has 0 bridgehead atoms. The van der Waals surface area contributed by atoms with E-state index in [-0.39, 0.29) is 11.9 Å². The van der Waals surface area contributed by atoms with E-state index in [9.17, 15) is 4.79 Å². The molecule has 1 aromatic heterocycles. The zero-order valence-corrected chi connectivity index (χ0v) is 13.0. The van der Waals surface area contributed by atoms with Crippen molar-refractivity contribution >= 4 is 22.5 Å². The van der Waals surface area contributed by atoms with Crippen molar-refractivity contribution in [1.29, 1.82) is 0 Å². The summed E-state index contributed by atoms with van der Waals surface area (Å²) in [4.78, 5) is 12.5. The molecule has 0 aliphatic rings. The Balaban J connectivity index is 1.90. The van der Waals surface area contributed by atoms with Gasteiger partial charge in [-0.1, -0.05) is 30.3 Å². The summed E-state index contributed by atoms with van der Waals surface area (Å²) >= 11 is 0. The number of carbonyl (C=O) groups excluding carboxylic acids is 1. The van der Waals surface area contributed by atoms with Gasteiger partial charge in [-0.25, -0.2) is 4.68 Å². The number of nitrogens with zero attached hydrogens (tertiary/aromatic N) is 2. The molecule has 0 radical (unpaired) electrons. The Morgan fingerprint density at radius 2 is 1.82 bits per heavy atom. The first kappa shape index (κ1) is 14.3. The molecule has 0 aliphatic carbocycles. The van der Waals surface area contributed by atoms with Crippen molar-refractivity contribution in [3.05, 3.63) is 59.8 Å². The van der Waals surface area contributed by atoms with Crippen LogP contribution in [0.3, 0.4) is 0 Å². The minimum absolute atomic E-state index is 0.118. The summed E-state index contributed by atoms with van der Waals surface area (Å²) < 4.78 is 1.83. The number of fused-ring (bicyclic) bond motifs is 1. The molecule has 2 aromatic carbocycles. The molecule has 0 saturated carbocycles. The van der Waals surface area contributed by atoms with E-state index in [1.807, 2.05) is 74.0 Å². The summed E-state index contributed by atoms with van der Waals surface area (Å²) in [5.41, 5.74) is 1.54. The molecule has 4 heteroatoms. The average Bonchev–Trinajstić information content (AvgIpc) is 2.87. The summed E-state index contributed by atoms with van der Waals surface area (Å²) in [5.74, 6) is 0.609. The molecule has 0 aliphatic heterocycles. The van der Waals surface area contributed by atoms with Gasteiger partial charge in [0.1, 0.15) is 5.82 Å². The lowest BCUT2D eigenvalue weighted by atomic mass is 10.1. The number of anilines is 1. The van der Waals surface area contributed by atoms with Crippen molar-refractivity contribution in [2.75, 3.05) is 5.32 Å². The fraction of sp³-hybridized carbons (Fsp3) is 0.222. The molecule has 0 unspecified atom stereocenters. The molecule has 0 spiro atoms. The van der Waals surface area contributed by atoms with Crippen LogP contribution in [0.4, 0.5) is 5.82 Å². The number of hydrogen-bond donors (Lipinski definition) is 1. The highest BCUT2D eigenvalue weighted by Gasteiger charge is 2.13. The Hall–Kier alpha value is -2.62. The van der Waals surface area contributed by atoms with Crippen LogP contribution in [0.5, 0.6) is 0 Å². The summed E-state index contributed by atoms with van der Waals surface area (Å²) in [6.07, 6.45) is 0. The number of benzene rings is 2. The van der Waals surface area contributed by atoms with E-state index in [1.165, 1.54) is 0 Å². The number of nitrogens with one attached hydrogen (secondary N) is 1. The van der Waals surface area contributed by atoms with E-state index < -0.39 is 0 Å². The van der Waals surface area contributed by atoms with Crippen molar-refractivity contribution in [1.82, 2.24) is 9.78 Å². The third-order valence-corrected chi connectivity index (χ3v) is 3.60. The smallest absolute Gasteiger partial charge is 0.256 e. The van der Waals surface area contributed by atoms with Crippen LogP contribution in [0.2, 0.25) is 0 Å². The fourth-order valence-electron chi connectivity index (χ4n) is 2.52. The topological polar surface area (TPSA) is 46.9 Å². The fourth-order valence-corrected chi connectivity index (χ4v) is 2.52. The number of hydrogen-bond acceptors (Lipinski definition) is 2. The molecular formula is C18H19N3O. The number of carbonyl (C=O) groups is 1. The molecule has 112 valence electrons. The highest BCUT2D eigenvalue weighted by molar-refractivity contribution is 6.06. The second kappa shape index (κ2) is 5.64. The van der Waals surface area contributed by atoms with Crippen molar-refractivity contribution in [2.24, 2.45) is 0 Å². The zero-order valence-electron chi connectivity index (χ0n) is 13.0. The van der Waals surface area contributed by atoms with Gasteiger partial charge in [0, 0.05) is 17.7 Å². The summed E-state index contributed by atoms with van der Waals surface area (Å²) in [6, 6.07) is 15.8. The third-order valence-electron chi connectivity index (χ3n) is 3.60. The summed E-state index contributed by atoms with van der Waals surface area (Å²) in [7, 11) is 0. The third kappa shape index (κ3) is 2.72. The van der Waals surface area contributed by atoms with Crippen LogP contribution in [-0.4, -0.2) is 15.7 Å². The van der Waals surface area contributed by atoms with Crippen molar-refractivity contribution < 1.29 is 4.79 Å². The highest BCUT2D eigenvalue weighted by atomic mass is 16.1. The van der Waals surface area contributed by atoms with Crippen LogP contribution < -0.4 is 5.32 Å². The molecule has 1 N–H and O–H groups in total. The maximum absolute atomic E-state index is 12.5. The van der Waals surface area contributed by atoms with Crippen LogP contribution in [0, 0.1) is 6.92 Å². The van der Waals surface area contributed by atoms with E-state index >= 15 is 0 Å². The van der Waals surface area contributed by atoms with Crippen LogP contribution in [0.15, 0.2) is 48.5 Å². The predicted molar refractivity (Wildman–Crippen MR) is 89.3 cm³/mol. The molecule has 0 fully saturated rings. The van der Waals surface area contributed by atoms with E-state index in [4.69, 9.17) is 0 Å². The molecule has 0 atom stereocenters. The molecular weight excluding hydrogens is 274 g/mol. The number of aryl methyl sites for hydroxylation is 1. The largest absolute Gasteiger partial charge is 0.307 e. The minimum atomic E-state index is -0.118. The van der Waals surface area contributed by atoms with Crippen molar-refractivity contribution in [3.63, 3.8) is 0 Å². The van der Waals surface area contributed by atoms with Crippen LogP contribution in [0.25, 0.3) is 10.8 Å². The van der Waals surface area contributed by atoms with E-state index in [0.29, 0.717) is 5.56 Å². The van der Waals surface area contributed by atoms with E-state index in [2.05, 4.69) is 10.4 Å². The van der Waals surface area contributed by atoms with Gasteiger partial charge >= 0.3 is 0 Å². The number of aromatic nitrogens is 2. The second-order valence-corrected chi connectivity index (χ2v) is 5.73. The number of amides is 1. The lowest BCUT2D eigenvalue weighted by molar-refractivity contribution is 0.102. The molecule has 3 aromatic rings. The van der Waals surface area contributed by atoms with Gasteiger partial charge in [-0.15, -0.1) is 0 Å². The molecule has 0 saturated heterocycles. The van der Waals surface area contributed by atoms with Crippen LogP contribution in [0.1, 0.15) is 35.9 Å². The van der Waals surface area contributed by atoms with Crippen LogP contribution >= 0.6 is 0 Å². The van der Waals surface area contributed by atoms with Gasteiger partial charge < -0.3 is 5.32 Å². The molecule has 1 heterocycles. The molecule has 1 amide bonds. The van der Waals surface area contributed by atoms with Gasteiger partial charge in [0.25, 0.3) is 5.91 Å². The van der Waals surface area contributed by atoms with E-state index in [1.54, 1.807) is 0 Å². The minimum Gasteiger partial charge on any atom is -0.307 e. The summed E-state index contributed by atoms with van der Waals surface area (Å²) in [6.45, 7) is 6.00. The SMILES string of the molecule is Cc1cc(NC(=O)c2ccc3ccccc3c2)n(C(C)C)n1. The highest BCUT2D eigenvalue weighted by Crippen LogP contribution is 2.19. The Labute approximate surface area is 129 Å². The maximum Gasteiger partial charge on any atom is 0.256 e. The Morgan fingerprint density at radius 3 is 2.55 bits per heavy atom. The van der Waals surface area contributed by atoms with Gasteiger partial charge in [0.15, 0.2) is 0 Å². The van der Waals surface area contributed by atoms with Crippen LogP contribution in [-0.2, 0) is 0 Å². The standard InChI is InChI=1S/C18H19N3O/c1-12(2)21-17(10-13(3)20-21)19-18(22)16-9-8-14-6-4-5-7-15(14)11-16/h4-12H,1-3H3,(H,19,22). The monoisotopic (exact) mass is 293 g/mol. The lowest BCUT2D eigenvalue weighted by Crippen LogP contribution is -2.16. The maximum atomic E-state index is 12.5.